The Kier molecular flexibility index (Phi) is 5.80. The summed E-state index contributed by atoms with van der Waals surface area (Å²) in [7, 11) is -4.14. The number of nitrogens with one attached hydrogen (secondary N) is 1. The monoisotopic (exact) mass is 425 g/mol. The number of carboxylic acids is 1. The summed E-state index contributed by atoms with van der Waals surface area (Å²) in [4.78, 5) is 10.5. The maximum absolute atomic E-state index is 12.1. The summed E-state index contributed by atoms with van der Waals surface area (Å²) >= 11 is 0. The van der Waals surface area contributed by atoms with E-state index in [0.29, 0.717) is 0 Å². The molecule has 2 N–H and O–H groups in total. The van der Waals surface area contributed by atoms with Crippen molar-refractivity contribution in [1.29, 1.82) is 0 Å². The highest BCUT2D eigenvalue weighted by Crippen LogP contribution is 2.47. The summed E-state index contributed by atoms with van der Waals surface area (Å²) in [6.07, 6.45) is -1.67. The third kappa shape index (κ3) is 4.82. The molecule has 1 unspecified atom stereocenters. The Labute approximate surface area is 163 Å². The van der Waals surface area contributed by atoms with Gasteiger partial charge in [-0.05, 0) is 34.1 Å². The van der Waals surface area contributed by atoms with Gasteiger partial charge in [-0.3, -0.25) is 8.98 Å². The molecule has 3 aliphatic heterocycles. The smallest absolute Gasteiger partial charge is 0.336 e. The average Bonchev–Trinajstić information content (AvgIpc) is 3.01. The van der Waals surface area contributed by atoms with Crippen molar-refractivity contribution in [3.8, 4) is 0 Å². The van der Waals surface area contributed by atoms with Gasteiger partial charge < -0.3 is 28.8 Å². The Bertz CT molecular complexity index is 708. The van der Waals surface area contributed by atoms with E-state index in [1.54, 1.807) is 27.7 Å². The Hall–Kier alpha value is -0.860. The van der Waals surface area contributed by atoms with Gasteiger partial charge in [0.2, 0.25) is 5.79 Å². The third-order valence-corrected chi connectivity index (χ3v) is 5.52. The predicted molar refractivity (Wildman–Crippen MR) is 92.3 cm³/mol. The fourth-order valence-electron chi connectivity index (χ4n) is 3.59. The average molecular weight is 425 g/mol. The van der Waals surface area contributed by atoms with E-state index in [2.05, 4.69) is 4.72 Å². The number of carboxylic acid groups (broad SMARTS) is 1. The summed E-state index contributed by atoms with van der Waals surface area (Å²) in [5.74, 6) is -4.36. The second-order valence-corrected chi connectivity index (χ2v) is 9.34. The highest BCUT2D eigenvalue weighted by atomic mass is 32.2. The number of hydrogen-bond donors (Lipinski definition) is 2. The molecule has 3 heterocycles. The summed E-state index contributed by atoms with van der Waals surface area (Å²) in [5.41, 5.74) is 0. The molecule has 0 amide bonds. The minimum Gasteiger partial charge on any atom is -0.481 e. The van der Waals surface area contributed by atoms with Crippen LogP contribution in [0.15, 0.2) is 0 Å². The molecule has 28 heavy (non-hydrogen) atoms. The number of aliphatic carboxylic acids is 1. The fraction of sp³-hybridized carbons (Fsp3) is 0.938. The second kappa shape index (κ2) is 7.43. The minimum atomic E-state index is -4.14. The Morgan fingerprint density at radius 2 is 1.89 bits per heavy atom. The molecular formula is C16H27NO10S. The number of fused-ring (bicyclic) bond motifs is 3. The van der Waals surface area contributed by atoms with Crippen LogP contribution < -0.4 is 4.72 Å². The largest absolute Gasteiger partial charge is 0.481 e. The highest BCUT2D eigenvalue weighted by Gasteiger charge is 2.65. The van der Waals surface area contributed by atoms with Gasteiger partial charge in [0, 0.05) is 13.0 Å². The van der Waals surface area contributed by atoms with Crippen LogP contribution in [-0.4, -0.2) is 74.9 Å². The molecule has 0 aromatic heterocycles. The van der Waals surface area contributed by atoms with Crippen LogP contribution in [0.4, 0.5) is 0 Å². The molecule has 0 aliphatic carbocycles. The van der Waals surface area contributed by atoms with Gasteiger partial charge in [-0.25, -0.2) is 0 Å². The molecule has 4 atom stereocenters. The maximum atomic E-state index is 12.1. The normalized spacial score (nSPS) is 36.1. The van der Waals surface area contributed by atoms with Crippen LogP contribution in [0.2, 0.25) is 0 Å². The van der Waals surface area contributed by atoms with Crippen LogP contribution in [0.5, 0.6) is 0 Å². The highest BCUT2D eigenvalue weighted by molar-refractivity contribution is 7.84. The lowest BCUT2D eigenvalue weighted by Gasteiger charge is -2.40. The number of carbonyl (C=O) groups is 1. The molecule has 12 heteroatoms. The second-order valence-electron chi connectivity index (χ2n) is 7.91. The van der Waals surface area contributed by atoms with Crippen molar-refractivity contribution in [2.24, 2.45) is 0 Å². The van der Waals surface area contributed by atoms with Gasteiger partial charge >= 0.3 is 16.3 Å². The fourth-order valence-corrected chi connectivity index (χ4v) is 4.38. The molecule has 0 saturated carbocycles. The van der Waals surface area contributed by atoms with E-state index < -0.39 is 52.4 Å². The predicted octanol–water partition coefficient (Wildman–Crippen LogP) is 0.100. The van der Waals surface area contributed by atoms with Crippen LogP contribution in [-0.2, 0) is 43.0 Å². The van der Waals surface area contributed by atoms with E-state index in [1.807, 2.05) is 0 Å². The van der Waals surface area contributed by atoms with Gasteiger partial charge in [0.25, 0.3) is 0 Å². The summed E-state index contributed by atoms with van der Waals surface area (Å²) in [6, 6.07) is 0. The van der Waals surface area contributed by atoms with E-state index in [4.69, 9.17) is 33.0 Å². The SMILES string of the molecule is CC1(C)O[C@@H]2CO[C@@]3(COS(=O)(=O)NCCCC(=O)O)OC(C)(C)OC3[C@@H]2O1. The van der Waals surface area contributed by atoms with Crippen LogP contribution in [0, 0.1) is 0 Å². The molecule has 0 aromatic carbocycles. The zero-order chi connectivity index (χ0) is 20.8. The standard InChI is InChI=1S/C16H27NO10S/c1-14(2)24-10-8-22-16(13(12(10)25-14)26-15(3,4)27-16)9-23-28(20,21)17-7-5-6-11(18)19/h10,12-13,17H,5-9H2,1-4H3,(H,18,19)/t10-,12-,13?,16+/m1/s1. The van der Waals surface area contributed by atoms with E-state index in [-0.39, 0.29) is 32.1 Å². The van der Waals surface area contributed by atoms with E-state index in [0.717, 1.165) is 0 Å². The molecule has 3 aliphatic rings. The van der Waals surface area contributed by atoms with Crippen molar-refractivity contribution in [1.82, 2.24) is 4.72 Å². The van der Waals surface area contributed by atoms with E-state index in [1.165, 1.54) is 0 Å². The van der Waals surface area contributed by atoms with Gasteiger partial charge in [-0.2, -0.15) is 13.1 Å². The first kappa shape index (κ1) is 21.8. The van der Waals surface area contributed by atoms with Gasteiger partial charge in [-0.15, -0.1) is 0 Å². The van der Waals surface area contributed by atoms with Crippen molar-refractivity contribution in [3.05, 3.63) is 0 Å². The van der Waals surface area contributed by atoms with Crippen molar-refractivity contribution in [3.63, 3.8) is 0 Å². The lowest BCUT2D eigenvalue weighted by atomic mass is 9.98. The van der Waals surface area contributed by atoms with Crippen LogP contribution in [0.3, 0.4) is 0 Å². The summed E-state index contributed by atoms with van der Waals surface area (Å²) in [5, 5.41) is 8.60. The van der Waals surface area contributed by atoms with Gasteiger partial charge in [0.15, 0.2) is 11.6 Å². The Balaban J connectivity index is 1.66. The molecule has 11 nitrogen and oxygen atoms in total. The number of hydrogen-bond acceptors (Lipinski definition) is 9. The van der Waals surface area contributed by atoms with E-state index in [9.17, 15) is 13.2 Å². The molecule has 3 rings (SSSR count). The van der Waals surface area contributed by atoms with Crippen LogP contribution in [0.1, 0.15) is 40.5 Å². The quantitative estimate of drug-likeness (QED) is 0.515. The molecule has 162 valence electrons. The lowest BCUT2D eigenvalue weighted by Crippen LogP contribution is -2.60. The van der Waals surface area contributed by atoms with Crippen LogP contribution in [0.25, 0.3) is 0 Å². The summed E-state index contributed by atoms with van der Waals surface area (Å²) in [6.45, 7) is 6.52. The topological polar surface area (TPSA) is 139 Å². The van der Waals surface area contributed by atoms with Gasteiger partial charge in [0.1, 0.15) is 24.9 Å². The zero-order valence-electron chi connectivity index (χ0n) is 16.3. The van der Waals surface area contributed by atoms with Gasteiger partial charge in [-0.1, -0.05) is 0 Å². The number of rotatable bonds is 8. The van der Waals surface area contributed by atoms with Crippen molar-refractivity contribution >= 4 is 16.3 Å². The Morgan fingerprint density at radius 1 is 1.18 bits per heavy atom. The number of ether oxygens (including phenoxy) is 5. The minimum absolute atomic E-state index is 0.0649. The molecule has 3 fully saturated rings. The molecule has 0 aromatic rings. The molecule has 0 radical (unpaired) electrons. The first-order valence-corrected chi connectivity index (χ1v) is 10.5. The third-order valence-electron chi connectivity index (χ3n) is 4.54. The molecular weight excluding hydrogens is 398 g/mol. The molecule has 3 saturated heterocycles. The summed E-state index contributed by atoms with van der Waals surface area (Å²) < 4.78 is 60.9. The van der Waals surface area contributed by atoms with Crippen molar-refractivity contribution in [2.75, 3.05) is 19.8 Å². The Morgan fingerprint density at radius 3 is 2.57 bits per heavy atom. The molecule has 0 bridgehead atoms. The molecule has 0 spiro atoms. The maximum Gasteiger partial charge on any atom is 0.336 e. The zero-order valence-corrected chi connectivity index (χ0v) is 17.1. The first-order valence-electron chi connectivity index (χ1n) is 9.07. The van der Waals surface area contributed by atoms with E-state index >= 15 is 0 Å². The van der Waals surface area contributed by atoms with Crippen molar-refractivity contribution < 1.29 is 46.2 Å². The lowest BCUT2D eigenvalue weighted by molar-refractivity contribution is -0.290. The van der Waals surface area contributed by atoms with Crippen molar-refractivity contribution in [2.45, 2.75) is 76.2 Å². The first-order chi connectivity index (χ1) is 12.8. The van der Waals surface area contributed by atoms with Crippen LogP contribution >= 0.6 is 0 Å². The van der Waals surface area contributed by atoms with Gasteiger partial charge in [0.05, 0.1) is 6.61 Å².